The molecule has 0 spiro atoms. The van der Waals surface area contributed by atoms with Crippen LogP contribution < -0.4 is 0 Å². The van der Waals surface area contributed by atoms with Crippen LogP contribution in [0.5, 0.6) is 0 Å². The lowest BCUT2D eigenvalue weighted by Gasteiger charge is -2.03. The van der Waals surface area contributed by atoms with Gasteiger partial charge in [0.25, 0.3) is 0 Å². The Labute approximate surface area is 74.8 Å². The molecule has 1 aliphatic rings. The van der Waals surface area contributed by atoms with Gasteiger partial charge in [-0.15, -0.1) is 11.6 Å². The van der Waals surface area contributed by atoms with Crippen LogP contribution in [0.4, 0.5) is 0 Å². The molecule has 1 aromatic rings. The van der Waals surface area contributed by atoms with E-state index < -0.39 is 11.5 Å². The Morgan fingerprint density at radius 3 is 2.67 bits per heavy atom. The van der Waals surface area contributed by atoms with Gasteiger partial charge in [0.2, 0.25) is 0 Å². The van der Waals surface area contributed by atoms with Gasteiger partial charge >= 0.3 is 0 Å². The summed E-state index contributed by atoms with van der Waals surface area (Å²) in [4.78, 5) is 11.3. The van der Waals surface area contributed by atoms with Crippen LogP contribution in [0.3, 0.4) is 0 Å². The van der Waals surface area contributed by atoms with Crippen LogP contribution >= 0.6 is 11.6 Å². The quantitative estimate of drug-likeness (QED) is 0.618. The number of aliphatic hydroxyl groups is 1. The summed E-state index contributed by atoms with van der Waals surface area (Å²) >= 11 is 5.68. The summed E-state index contributed by atoms with van der Waals surface area (Å²) in [6.07, 6.45) is -0.838. The molecule has 0 saturated carbocycles. The summed E-state index contributed by atoms with van der Waals surface area (Å²) < 4.78 is 0. The molecule has 0 bridgehead atoms. The zero-order valence-electron chi connectivity index (χ0n) is 6.20. The standard InChI is InChI=1S/C9H7ClO2/c10-7-8(11)5-3-1-2-4-6(5)9(7)12/h1-4,7-8,11H. The van der Waals surface area contributed by atoms with Gasteiger partial charge in [0.15, 0.2) is 5.78 Å². The molecule has 2 unspecified atom stereocenters. The highest BCUT2D eigenvalue weighted by molar-refractivity contribution is 6.36. The van der Waals surface area contributed by atoms with E-state index in [1.54, 1.807) is 24.3 Å². The normalized spacial score (nSPS) is 27.3. The molecule has 0 heterocycles. The Balaban J connectivity index is 2.59. The first-order valence-electron chi connectivity index (χ1n) is 3.67. The molecule has 0 aromatic heterocycles. The van der Waals surface area contributed by atoms with Crippen LogP contribution in [0.25, 0.3) is 0 Å². The van der Waals surface area contributed by atoms with Gasteiger partial charge in [-0.1, -0.05) is 24.3 Å². The number of fused-ring (bicyclic) bond motifs is 1. The van der Waals surface area contributed by atoms with Crippen molar-refractivity contribution < 1.29 is 9.90 Å². The van der Waals surface area contributed by atoms with E-state index in [0.29, 0.717) is 11.1 Å². The lowest BCUT2D eigenvalue weighted by atomic mass is 10.1. The summed E-state index contributed by atoms with van der Waals surface area (Å²) in [5, 5.41) is 8.66. The minimum absolute atomic E-state index is 0.181. The maximum Gasteiger partial charge on any atom is 0.184 e. The number of ketones is 1. The van der Waals surface area contributed by atoms with Crippen LogP contribution in [-0.2, 0) is 0 Å². The summed E-state index contributed by atoms with van der Waals surface area (Å²) in [7, 11) is 0. The minimum Gasteiger partial charge on any atom is -0.386 e. The van der Waals surface area contributed by atoms with Gasteiger partial charge in [0.05, 0.1) is 0 Å². The van der Waals surface area contributed by atoms with Crippen molar-refractivity contribution in [3.8, 4) is 0 Å². The van der Waals surface area contributed by atoms with Crippen LogP contribution in [0.2, 0.25) is 0 Å². The van der Waals surface area contributed by atoms with Crippen molar-refractivity contribution in [1.82, 2.24) is 0 Å². The van der Waals surface area contributed by atoms with E-state index in [-0.39, 0.29) is 5.78 Å². The fourth-order valence-corrected chi connectivity index (χ4v) is 1.68. The lowest BCUT2D eigenvalue weighted by molar-refractivity contribution is 0.0939. The van der Waals surface area contributed by atoms with E-state index in [2.05, 4.69) is 0 Å². The second-order valence-corrected chi connectivity index (χ2v) is 3.27. The minimum atomic E-state index is -0.838. The van der Waals surface area contributed by atoms with Crippen molar-refractivity contribution in [2.45, 2.75) is 11.5 Å². The van der Waals surface area contributed by atoms with Gasteiger partial charge < -0.3 is 5.11 Å². The highest BCUT2D eigenvalue weighted by atomic mass is 35.5. The molecule has 0 radical (unpaired) electrons. The molecule has 62 valence electrons. The summed E-state index contributed by atoms with van der Waals surface area (Å²) in [6, 6.07) is 6.95. The molecule has 1 N–H and O–H groups in total. The molecule has 0 amide bonds. The Hall–Kier alpha value is -0.860. The van der Waals surface area contributed by atoms with Gasteiger partial charge in [-0.2, -0.15) is 0 Å². The SMILES string of the molecule is O=C1c2ccccc2C(O)C1Cl. The first-order valence-corrected chi connectivity index (χ1v) is 4.11. The Morgan fingerprint density at radius 2 is 2.00 bits per heavy atom. The smallest absolute Gasteiger partial charge is 0.184 e. The Morgan fingerprint density at radius 1 is 1.33 bits per heavy atom. The third-order valence-corrected chi connectivity index (χ3v) is 2.51. The molecular formula is C9H7ClO2. The topological polar surface area (TPSA) is 37.3 Å². The molecule has 2 rings (SSSR count). The average Bonchev–Trinajstić information content (AvgIpc) is 2.33. The number of benzene rings is 1. The molecule has 2 nitrogen and oxygen atoms in total. The fourth-order valence-electron chi connectivity index (χ4n) is 1.43. The highest BCUT2D eigenvalue weighted by Gasteiger charge is 2.36. The van der Waals surface area contributed by atoms with E-state index in [1.807, 2.05) is 0 Å². The monoisotopic (exact) mass is 182 g/mol. The number of Topliss-reactive ketones (excluding diaryl/α,β-unsaturated/α-hetero) is 1. The van der Waals surface area contributed by atoms with Crippen molar-refractivity contribution in [3.63, 3.8) is 0 Å². The number of halogens is 1. The summed E-state index contributed by atoms with van der Waals surface area (Å²) in [5.74, 6) is -0.181. The third kappa shape index (κ3) is 0.886. The van der Waals surface area contributed by atoms with Gasteiger partial charge in [-0.3, -0.25) is 4.79 Å². The van der Waals surface area contributed by atoms with Crippen molar-refractivity contribution in [3.05, 3.63) is 35.4 Å². The maximum absolute atomic E-state index is 11.3. The first-order chi connectivity index (χ1) is 5.72. The molecule has 0 aliphatic heterocycles. The Kier molecular flexibility index (Phi) is 1.67. The van der Waals surface area contributed by atoms with Gasteiger partial charge in [0, 0.05) is 5.56 Å². The van der Waals surface area contributed by atoms with Crippen molar-refractivity contribution in [2.24, 2.45) is 0 Å². The molecular weight excluding hydrogens is 176 g/mol. The van der Waals surface area contributed by atoms with Crippen molar-refractivity contribution >= 4 is 17.4 Å². The van der Waals surface area contributed by atoms with Gasteiger partial charge in [-0.05, 0) is 5.56 Å². The predicted octanol–water partition coefficient (Wildman–Crippen LogP) is 1.52. The zero-order chi connectivity index (χ0) is 8.72. The molecule has 0 fully saturated rings. The lowest BCUT2D eigenvalue weighted by Crippen LogP contribution is -2.12. The molecule has 1 aromatic carbocycles. The number of hydrogen-bond donors (Lipinski definition) is 1. The largest absolute Gasteiger partial charge is 0.386 e. The number of aliphatic hydroxyl groups excluding tert-OH is 1. The number of hydrogen-bond acceptors (Lipinski definition) is 2. The Bertz CT molecular complexity index is 335. The number of carbonyl (C=O) groups is 1. The van der Waals surface area contributed by atoms with E-state index in [9.17, 15) is 9.90 Å². The average molecular weight is 183 g/mol. The number of rotatable bonds is 0. The van der Waals surface area contributed by atoms with Gasteiger partial charge in [0.1, 0.15) is 11.5 Å². The third-order valence-electron chi connectivity index (χ3n) is 2.07. The van der Waals surface area contributed by atoms with Crippen LogP contribution in [0.15, 0.2) is 24.3 Å². The van der Waals surface area contributed by atoms with Crippen molar-refractivity contribution in [2.75, 3.05) is 0 Å². The zero-order valence-corrected chi connectivity index (χ0v) is 6.95. The van der Waals surface area contributed by atoms with Crippen LogP contribution in [0.1, 0.15) is 22.0 Å². The fraction of sp³-hybridized carbons (Fsp3) is 0.222. The van der Waals surface area contributed by atoms with E-state index in [0.717, 1.165) is 0 Å². The van der Waals surface area contributed by atoms with Gasteiger partial charge in [-0.25, -0.2) is 0 Å². The number of carbonyl (C=O) groups excluding carboxylic acids is 1. The van der Waals surface area contributed by atoms with Crippen LogP contribution in [0, 0.1) is 0 Å². The first kappa shape index (κ1) is 7.77. The molecule has 3 heteroatoms. The van der Waals surface area contributed by atoms with E-state index in [4.69, 9.17) is 11.6 Å². The van der Waals surface area contributed by atoms with E-state index >= 15 is 0 Å². The maximum atomic E-state index is 11.3. The summed E-state index contributed by atoms with van der Waals surface area (Å²) in [5.41, 5.74) is 1.19. The van der Waals surface area contributed by atoms with Crippen molar-refractivity contribution in [1.29, 1.82) is 0 Å². The second-order valence-electron chi connectivity index (χ2n) is 2.80. The van der Waals surface area contributed by atoms with E-state index in [1.165, 1.54) is 0 Å². The highest BCUT2D eigenvalue weighted by Crippen LogP contribution is 2.34. The summed E-state index contributed by atoms with van der Waals surface area (Å²) in [6.45, 7) is 0. The van der Waals surface area contributed by atoms with Crippen LogP contribution in [-0.4, -0.2) is 16.3 Å². The molecule has 0 saturated heterocycles. The molecule has 2 atom stereocenters. The number of alkyl halides is 1. The predicted molar refractivity (Wildman–Crippen MR) is 45.4 cm³/mol. The molecule has 1 aliphatic carbocycles. The second kappa shape index (κ2) is 2.57. The molecule has 12 heavy (non-hydrogen) atoms.